The Hall–Kier alpha value is -0.120. The van der Waals surface area contributed by atoms with Crippen molar-refractivity contribution in [2.45, 2.75) is 50.9 Å². The fraction of sp³-hybridized carbons (Fsp3) is 1.00. The molecule has 4 aliphatic rings. The van der Waals surface area contributed by atoms with Crippen LogP contribution in [0.1, 0.15) is 39.0 Å². The van der Waals surface area contributed by atoms with Crippen molar-refractivity contribution >= 4 is 0 Å². The van der Waals surface area contributed by atoms with Crippen LogP contribution < -0.4 is 5.90 Å². The summed E-state index contributed by atoms with van der Waals surface area (Å²) < 4.78 is 6.13. The van der Waals surface area contributed by atoms with E-state index < -0.39 is 0 Å². The van der Waals surface area contributed by atoms with Crippen LogP contribution in [0.4, 0.5) is 0 Å². The van der Waals surface area contributed by atoms with Crippen LogP contribution >= 0.6 is 0 Å². The second-order valence-corrected chi connectivity index (χ2v) is 6.20. The fourth-order valence-electron chi connectivity index (χ4n) is 5.64. The Kier molecular flexibility index (Phi) is 1.44. The molecule has 84 valence electrons. The highest BCUT2D eigenvalue weighted by Crippen LogP contribution is 2.83. The van der Waals surface area contributed by atoms with E-state index in [1.54, 1.807) is 0 Å². The van der Waals surface area contributed by atoms with Crippen molar-refractivity contribution in [2.24, 2.45) is 29.1 Å². The highest BCUT2D eigenvalue weighted by atomic mass is 16.8. The van der Waals surface area contributed by atoms with Gasteiger partial charge in [0.2, 0.25) is 0 Å². The Morgan fingerprint density at radius 3 is 2.73 bits per heavy atom. The molecule has 0 aliphatic heterocycles. The topological polar surface area (TPSA) is 44.5 Å². The molecule has 3 heteroatoms. The Morgan fingerprint density at radius 1 is 1.20 bits per heavy atom. The maximum atomic E-state index is 6.13. The fourth-order valence-corrected chi connectivity index (χ4v) is 5.64. The van der Waals surface area contributed by atoms with Gasteiger partial charge in [-0.1, -0.05) is 0 Å². The second kappa shape index (κ2) is 2.41. The predicted octanol–water partition coefficient (Wildman–Crippen LogP) is 1.82. The molecule has 0 aromatic carbocycles. The molecule has 4 rings (SSSR count). The molecule has 2 N–H and O–H groups in total. The molecule has 15 heavy (non-hydrogen) atoms. The first-order valence-corrected chi connectivity index (χ1v) is 6.23. The molecule has 1 spiro atoms. The molecule has 6 atom stereocenters. The summed E-state index contributed by atoms with van der Waals surface area (Å²) in [4.78, 5) is 4.79. The van der Waals surface area contributed by atoms with Gasteiger partial charge >= 0.3 is 0 Å². The highest BCUT2D eigenvalue weighted by molar-refractivity contribution is 5.30. The molecule has 0 heterocycles. The van der Waals surface area contributed by atoms with Crippen molar-refractivity contribution in [3.05, 3.63) is 0 Å². The van der Waals surface area contributed by atoms with Gasteiger partial charge in [-0.25, -0.2) is 5.90 Å². The van der Waals surface area contributed by atoms with Crippen LogP contribution in [0.25, 0.3) is 0 Å². The summed E-state index contributed by atoms with van der Waals surface area (Å²) >= 11 is 0. The Bertz CT molecular complexity index is 321. The average Bonchev–Trinajstić information content (AvgIpc) is 2.65. The van der Waals surface area contributed by atoms with E-state index in [2.05, 4.69) is 0 Å². The van der Waals surface area contributed by atoms with Gasteiger partial charge in [0.1, 0.15) is 0 Å². The smallest absolute Gasteiger partial charge is 0.174 e. The molecule has 3 nitrogen and oxygen atoms in total. The number of fused-ring (bicyclic) bond motifs is 1. The van der Waals surface area contributed by atoms with Crippen molar-refractivity contribution in [1.29, 1.82) is 0 Å². The van der Waals surface area contributed by atoms with Gasteiger partial charge in [-0.05, 0) is 56.8 Å². The van der Waals surface area contributed by atoms with E-state index >= 15 is 0 Å². The number of rotatable bonds is 3. The van der Waals surface area contributed by atoms with Gasteiger partial charge in [-0.3, -0.25) is 4.84 Å². The summed E-state index contributed by atoms with van der Waals surface area (Å²) in [5.41, 5.74) is 0.743. The van der Waals surface area contributed by atoms with Crippen LogP contribution in [0.2, 0.25) is 0 Å². The zero-order chi connectivity index (χ0) is 10.3. The zero-order valence-corrected chi connectivity index (χ0v) is 9.24. The molecule has 0 aromatic heterocycles. The van der Waals surface area contributed by atoms with E-state index in [0.29, 0.717) is 5.41 Å². The first kappa shape index (κ1) is 8.97. The lowest BCUT2D eigenvalue weighted by Crippen LogP contribution is -2.72. The Balaban J connectivity index is 1.64. The quantitative estimate of drug-likeness (QED) is 0.569. The molecule has 4 aliphatic carbocycles. The number of nitrogens with two attached hydrogens (primary N) is 1. The lowest BCUT2D eigenvalue weighted by Gasteiger charge is -2.72. The van der Waals surface area contributed by atoms with E-state index in [-0.39, 0.29) is 11.9 Å². The molecule has 2 bridgehead atoms. The van der Waals surface area contributed by atoms with E-state index in [4.69, 9.17) is 15.5 Å². The van der Waals surface area contributed by atoms with E-state index in [9.17, 15) is 0 Å². The summed E-state index contributed by atoms with van der Waals surface area (Å²) in [6.07, 6.45) is 6.68. The van der Waals surface area contributed by atoms with Crippen LogP contribution in [-0.4, -0.2) is 11.9 Å². The largest absolute Gasteiger partial charge is 0.344 e. The normalized spacial score (nSPS) is 60.8. The highest BCUT2D eigenvalue weighted by Gasteiger charge is 2.81. The van der Waals surface area contributed by atoms with Gasteiger partial charge in [0.05, 0.1) is 5.60 Å². The molecule has 4 saturated carbocycles. The van der Waals surface area contributed by atoms with Crippen LogP contribution in [-0.2, 0) is 9.57 Å². The first-order chi connectivity index (χ1) is 7.20. The summed E-state index contributed by atoms with van der Waals surface area (Å²) in [6.45, 7) is 1.92. The minimum absolute atomic E-state index is 0.169. The summed E-state index contributed by atoms with van der Waals surface area (Å²) in [5, 5.41) is 0. The van der Waals surface area contributed by atoms with Crippen molar-refractivity contribution in [2.75, 3.05) is 0 Å². The SMILES string of the molecule is CC(ON)OC12CC3CC4CC(C1)C42C3. The van der Waals surface area contributed by atoms with Crippen LogP contribution in [0.15, 0.2) is 0 Å². The van der Waals surface area contributed by atoms with Crippen molar-refractivity contribution < 1.29 is 9.57 Å². The summed E-state index contributed by atoms with van der Waals surface area (Å²) in [6, 6.07) is 0. The van der Waals surface area contributed by atoms with Gasteiger partial charge in [-0.2, -0.15) is 0 Å². The van der Waals surface area contributed by atoms with Gasteiger partial charge in [0, 0.05) is 5.41 Å². The van der Waals surface area contributed by atoms with Crippen LogP contribution in [0.5, 0.6) is 0 Å². The van der Waals surface area contributed by atoms with Gasteiger partial charge in [0.15, 0.2) is 6.29 Å². The van der Waals surface area contributed by atoms with Crippen molar-refractivity contribution in [1.82, 2.24) is 0 Å². The average molecular weight is 209 g/mol. The molecule has 6 unspecified atom stereocenters. The monoisotopic (exact) mass is 209 g/mol. The Labute approximate surface area is 90.3 Å². The standard InChI is InChI=1S/C12H19NO2/c1-7(15-13)14-11-4-8-2-9-3-10(6-11)12(9,11)5-8/h7-10H,2-6,13H2,1H3. The zero-order valence-electron chi connectivity index (χ0n) is 9.24. The maximum Gasteiger partial charge on any atom is 0.174 e. The van der Waals surface area contributed by atoms with Crippen LogP contribution in [0, 0.1) is 23.2 Å². The molecular weight excluding hydrogens is 190 g/mol. The third-order valence-electron chi connectivity index (χ3n) is 5.90. The minimum atomic E-state index is -0.235. The van der Waals surface area contributed by atoms with E-state index in [1.165, 1.54) is 32.1 Å². The maximum absolute atomic E-state index is 6.13. The lowest BCUT2D eigenvalue weighted by atomic mass is 9.36. The second-order valence-electron chi connectivity index (χ2n) is 6.20. The van der Waals surface area contributed by atoms with Crippen molar-refractivity contribution in [3.63, 3.8) is 0 Å². The number of ether oxygens (including phenoxy) is 1. The predicted molar refractivity (Wildman–Crippen MR) is 54.5 cm³/mol. The van der Waals surface area contributed by atoms with Crippen LogP contribution in [0.3, 0.4) is 0 Å². The van der Waals surface area contributed by atoms with Gasteiger partial charge in [0.25, 0.3) is 0 Å². The van der Waals surface area contributed by atoms with E-state index in [1.807, 2.05) is 6.92 Å². The first-order valence-electron chi connectivity index (χ1n) is 6.23. The molecule has 0 radical (unpaired) electrons. The molecule has 0 amide bonds. The molecule has 4 fully saturated rings. The summed E-state index contributed by atoms with van der Waals surface area (Å²) in [7, 11) is 0. The molecule has 0 aromatic rings. The van der Waals surface area contributed by atoms with Gasteiger partial charge < -0.3 is 4.74 Å². The third kappa shape index (κ3) is 0.757. The molecule has 0 saturated heterocycles. The van der Waals surface area contributed by atoms with E-state index in [0.717, 1.165) is 17.8 Å². The third-order valence-corrected chi connectivity index (χ3v) is 5.90. The summed E-state index contributed by atoms with van der Waals surface area (Å²) in [5.74, 6) is 8.08. The van der Waals surface area contributed by atoms with Gasteiger partial charge in [-0.15, -0.1) is 0 Å². The lowest BCUT2D eigenvalue weighted by molar-refractivity contribution is -0.346. The number of hydrogen-bond donors (Lipinski definition) is 1. The number of hydrogen-bond acceptors (Lipinski definition) is 3. The van der Waals surface area contributed by atoms with Crippen molar-refractivity contribution in [3.8, 4) is 0 Å². The molecular formula is C12H19NO2. The minimum Gasteiger partial charge on any atom is -0.344 e. The Morgan fingerprint density at radius 2 is 2.07 bits per heavy atom.